The molecule has 0 aliphatic carbocycles. The number of carbonyl (C=O) groups is 2. The SMILES string of the molecule is O=C(/C=C/c1ccccc1F)NNC(=O)c1cccc(Cl)c1. The molecule has 2 aromatic carbocycles. The Morgan fingerprint density at radius 1 is 1.05 bits per heavy atom. The summed E-state index contributed by atoms with van der Waals surface area (Å²) in [5.74, 6) is -1.52. The highest BCUT2D eigenvalue weighted by Gasteiger charge is 2.06. The summed E-state index contributed by atoms with van der Waals surface area (Å²) < 4.78 is 13.3. The van der Waals surface area contributed by atoms with Crippen molar-refractivity contribution < 1.29 is 14.0 Å². The fourth-order valence-electron chi connectivity index (χ4n) is 1.64. The monoisotopic (exact) mass is 318 g/mol. The lowest BCUT2D eigenvalue weighted by atomic mass is 10.2. The van der Waals surface area contributed by atoms with Gasteiger partial charge in [-0.2, -0.15) is 0 Å². The quantitative estimate of drug-likeness (QED) is 0.675. The molecule has 22 heavy (non-hydrogen) atoms. The minimum atomic E-state index is -0.585. The van der Waals surface area contributed by atoms with Gasteiger partial charge < -0.3 is 0 Å². The minimum Gasteiger partial charge on any atom is -0.268 e. The first-order chi connectivity index (χ1) is 10.6. The number of hydrogen-bond acceptors (Lipinski definition) is 2. The molecule has 112 valence electrons. The third-order valence-corrected chi connectivity index (χ3v) is 2.94. The topological polar surface area (TPSA) is 58.2 Å². The number of hydrazine groups is 1. The second kappa shape index (κ2) is 7.38. The highest BCUT2D eigenvalue weighted by Crippen LogP contribution is 2.10. The normalized spacial score (nSPS) is 10.5. The summed E-state index contributed by atoms with van der Waals surface area (Å²) in [5, 5.41) is 0.415. The number of halogens is 2. The smallest absolute Gasteiger partial charge is 0.268 e. The second-order valence-electron chi connectivity index (χ2n) is 4.31. The summed E-state index contributed by atoms with van der Waals surface area (Å²) in [7, 11) is 0. The molecule has 0 saturated heterocycles. The molecular weight excluding hydrogens is 307 g/mol. The Bertz CT molecular complexity index is 732. The van der Waals surface area contributed by atoms with Crippen LogP contribution in [0.15, 0.2) is 54.6 Å². The minimum absolute atomic E-state index is 0.277. The lowest BCUT2D eigenvalue weighted by Crippen LogP contribution is -2.40. The molecule has 2 amide bonds. The maximum absolute atomic E-state index is 13.3. The van der Waals surface area contributed by atoms with Crippen molar-refractivity contribution in [1.29, 1.82) is 0 Å². The van der Waals surface area contributed by atoms with Gasteiger partial charge in [-0.15, -0.1) is 0 Å². The van der Waals surface area contributed by atoms with E-state index in [0.29, 0.717) is 10.6 Å². The van der Waals surface area contributed by atoms with E-state index in [4.69, 9.17) is 11.6 Å². The first-order valence-electron chi connectivity index (χ1n) is 6.35. The number of rotatable bonds is 3. The van der Waals surface area contributed by atoms with Crippen LogP contribution in [0.4, 0.5) is 4.39 Å². The van der Waals surface area contributed by atoms with Crippen molar-refractivity contribution in [3.8, 4) is 0 Å². The lowest BCUT2D eigenvalue weighted by molar-refractivity contribution is -0.117. The largest absolute Gasteiger partial charge is 0.269 e. The highest BCUT2D eigenvalue weighted by atomic mass is 35.5. The van der Waals surface area contributed by atoms with E-state index in [1.807, 2.05) is 0 Å². The van der Waals surface area contributed by atoms with Gasteiger partial charge in [0, 0.05) is 22.2 Å². The molecule has 0 unspecified atom stereocenters. The Balaban J connectivity index is 1.90. The molecule has 0 aromatic heterocycles. The maximum atomic E-state index is 13.3. The summed E-state index contributed by atoms with van der Waals surface area (Å²) in [6.07, 6.45) is 2.44. The highest BCUT2D eigenvalue weighted by molar-refractivity contribution is 6.30. The zero-order chi connectivity index (χ0) is 15.9. The number of nitrogens with one attached hydrogen (secondary N) is 2. The van der Waals surface area contributed by atoms with Gasteiger partial charge in [0.2, 0.25) is 0 Å². The van der Waals surface area contributed by atoms with Gasteiger partial charge in [0.25, 0.3) is 11.8 Å². The summed E-state index contributed by atoms with van der Waals surface area (Å²) >= 11 is 5.77. The van der Waals surface area contributed by atoms with Crippen LogP contribution in [-0.2, 0) is 4.79 Å². The standard InChI is InChI=1S/C16H12ClFN2O2/c17-13-6-3-5-12(10-13)16(22)20-19-15(21)9-8-11-4-1-2-7-14(11)18/h1-10H,(H,19,21)(H,20,22)/b9-8+. The van der Waals surface area contributed by atoms with Gasteiger partial charge in [-0.1, -0.05) is 35.9 Å². The van der Waals surface area contributed by atoms with Crippen LogP contribution in [0.3, 0.4) is 0 Å². The Kier molecular flexibility index (Phi) is 5.27. The Morgan fingerprint density at radius 3 is 2.55 bits per heavy atom. The predicted molar refractivity (Wildman–Crippen MR) is 82.5 cm³/mol. The van der Waals surface area contributed by atoms with E-state index in [2.05, 4.69) is 10.9 Å². The van der Waals surface area contributed by atoms with Gasteiger partial charge in [-0.05, 0) is 30.3 Å². The van der Waals surface area contributed by atoms with Crippen molar-refractivity contribution in [1.82, 2.24) is 10.9 Å². The van der Waals surface area contributed by atoms with Crippen molar-refractivity contribution in [2.24, 2.45) is 0 Å². The van der Waals surface area contributed by atoms with Crippen LogP contribution in [0, 0.1) is 5.82 Å². The molecule has 2 N–H and O–H groups in total. The number of amides is 2. The van der Waals surface area contributed by atoms with E-state index >= 15 is 0 Å². The third kappa shape index (κ3) is 4.43. The fraction of sp³-hybridized carbons (Fsp3) is 0. The fourth-order valence-corrected chi connectivity index (χ4v) is 1.83. The van der Waals surface area contributed by atoms with Crippen molar-refractivity contribution in [3.05, 3.63) is 76.6 Å². The van der Waals surface area contributed by atoms with E-state index < -0.39 is 17.6 Å². The molecule has 6 heteroatoms. The molecule has 0 fully saturated rings. The van der Waals surface area contributed by atoms with E-state index in [-0.39, 0.29) is 5.56 Å². The van der Waals surface area contributed by atoms with Crippen LogP contribution in [0.2, 0.25) is 5.02 Å². The molecular formula is C16H12ClFN2O2. The van der Waals surface area contributed by atoms with Crippen LogP contribution < -0.4 is 10.9 Å². The average molecular weight is 319 g/mol. The molecule has 0 bridgehead atoms. The molecule has 0 atom stereocenters. The van der Waals surface area contributed by atoms with Crippen molar-refractivity contribution in [3.63, 3.8) is 0 Å². The average Bonchev–Trinajstić information content (AvgIpc) is 2.52. The maximum Gasteiger partial charge on any atom is 0.269 e. The summed E-state index contributed by atoms with van der Waals surface area (Å²) in [6.45, 7) is 0. The summed E-state index contributed by atoms with van der Waals surface area (Å²) in [5.41, 5.74) is 5.02. The van der Waals surface area contributed by atoms with Crippen molar-refractivity contribution in [2.45, 2.75) is 0 Å². The first kappa shape index (κ1) is 15.7. The third-order valence-electron chi connectivity index (χ3n) is 2.71. The number of benzene rings is 2. The van der Waals surface area contributed by atoms with Crippen LogP contribution >= 0.6 is 11.6 Å². The lowest BCUT2D eigenvalue weighted by Gasteiger charge is -2.05. The zero-order valence-electron chi connectivity index (χ0n) is 11.3. The number of carbonyl (C=O) groups excluding carboxylic acids is 2. The van der Waals surface area contributed by atoms with Gasteiger partial charge in [0.05, 0.1) is 0 Å². The van der Waals surface area contributed by atoms with Gasteiger partial charge in [0.15, 0.2) is 0 Å². The Morgan fingerprint density at radius 2 is 1.82 bits per heavy atom. The Labute approximate surface area is 131 Å². The molecule has 0 saturated carbocycles. The molecule has 0 heterocycles. The van der Waals surface area contributed by atoms with Crippen molar-refractivity contribution >= 4 is 29.5 Å². The molecule has 0 aliphatic rings. The molecule has 0 spiro atoms. The number of hydrogen-bond donors (Lipinski definition) is 2. The van der Waals surface area contributed by atoms with Crippen LogP contribution in [0.5, 0.6) is 0 Å². The van der Waals surface area contributed by atoms with Gasteiger partial charge in [-0.3, -0.25) is 20.4 Å². The van der Waals surface area contributed by atoms with E-state index in [9.17, 15) is 14.0 Å². The van der Waals surface area contributed by atoms with E-state index in [0.717, 1.165) is 6.08 Å². The molecule has 0 radical (unpaired) electrons. The van der Waals surface area contributed by atoms with Crippen LogP contribution in [0.25, 0.3) is 6.08 Å². The summed E-state index contributed by atoms with van der Waals surface area (Å²) in [6, 6.07) is 12.3. The summed E-state index contributed by atoms with van der Waals surface area (Å²) in [4.78, 5) is 23.3. The van der Waals surface area contributed by atoms with Gasteiger partial charge >= 0.3 is 0 Å². The van der Waals surface area contributed by atoms with Crippen molar-refractivity contribution in [2.75, 3.05) is 0 Å². The van der Waals surface area contributed by atoms with E-state index in [1.165, 1.54) is 24.3 Å². The Hall–Kier alpha value is -2.66. The molecule has 4 nitrogen and oxygen atoms in total. The van der Waals surface area contributed by atoms with Gasteiger partial charge in [0.1, 0.15) is 5.82 Å². The second-order valence-corrected chi connectivity index (χ2v) is 4.75. The molecule has 2 aromatic rings. The zero-order valence-corrected chi connectivity index (χ0v) is 12.1. The molecule has 2 rings (SSSR count). The van der Waals surface area contributed by atoms with Crippen LogP contribution in [0.1, 0.15) is 15.9 Å². The molecule has 0 aliphatic heterocycles. The van der Waals surface area contributed by atoms with Crippen LogP contribution in [-0.4, -0.2) is 11.8 Å². The van der Waals surface area contributed by atoms with Gasteiger partial charge in [-0.25, -0.2) is 4.39 Å². The first-order valence-corrected chi connectivity index (χ1v) is 6.72. The predicted octanol–water partition coefficient (Wildman–Crippen LogP) is 2.95. The van der Waals surface area contributed by atoms with E-state index in [1.54, 1.807) is 30.3 Å².